The standard InChI is InChI=1S/C17H17F2N3O3S/c1-9-14(7-11-12(18)3-2-4-13(11)19)26-16(20-9)21-17(25)22-6-5-10(8-22)15(23)24/h2-4,10H,5-8H2,1H3,(H,23,24)(H,20,21,25). The molecular formula is C17H17F2N3O3S. The molecule has 2 aromatic rings. The molecule has 1 aromatic carbocycles. The normalized spacial score (nSPS) is 16.7. The smallest absolute Gasteiger partial charge is 0.323 e. The molecule has 26 heavy (non-hydrogen) atoms. The van der Waals surface area contributed by atoms with Gasteiger partial charge in [-0.2, -0.15) is 0 Å². The van der Waals surface area contributed by atoms with E-state index in [2.05, 4.69) is 10.3 Å². The van der Waals surface area contributed by atoms with Crippen molar-refractivity contribution in [3.05, 3.63) is 46.0 Å². The summed E-state index contributed by atoms with van der Waals surface area (Å²) in [6.45, 7) is 2.22. The minimum Gasteiger partial charge on any atom is -0.481 e. The molecule has 2 amide bonds. The van der Waals surface area contributed by atoms with Crippen LogP contribution in [0.3, 0.4) is 0 Å². The van der Waals surface area contributed by atoms with E-state index in [0.717, 1.165) is 11.3 Å². The van der Waals surface area contributed by atoms with Gasteiger partial charge in [-0.25, -0.2) is 18.6 Å². The molecule has 0 saturated carbocycles. The zero-order chi connectivity index (χ0) is 18.8. The van der Waals surface area contributed by atoms with Crippen molar-refractivity contribution >= 4 is 28.5 Å². The summed E-state index contributed by atoms with van der Waals surface area (Å²) in [6.07, 6.45) is 0.458. The van der Waals surface area contributed by atoms with Crippen molar-refractivity contribution < 1.29 is 23.5 Å². The lowest BCUT2D eigenvalue weighted by Crippen LogP contribution is -2.33. The highest BCUT2D eigenvalue weighted by Crippen LogP contribution is 2.28. The number of rotatable bonds is 4. The number of carboxylic acids is 1. The number of thiazole rings is 1. The zero-order valence-electron chi connectivity index (χ0n) is 14.0. The van der Waals surface area contributed by atoms with E-state index in [4.69, 9.17) is 5.11 Å². The summed E-state index contributed by atoms with van der Waals surface area (Å²) in [5, 5.41) is 11.9. The lowest BCUT2D eigenvalue weighted by molar-refractivity contribution is -0.141. The number of carboxylic acid groups (broad SMARTS) is 1. The number of likely N-dealkylation sites (tertiary alicyclic amines) is 1. The summed E-state index contributed by atoms with van der Waals surface area (Å²) in [7, 11) is 0. The van der Waals surface area contributed by atoms with E-state index < -0.39 is 29.6 Å². The largest absolute Gasteiger partial charge is 0.481 e. The Balaban J connectivity index is 1.69. The van der Waals surface area contributed by atoms with Gasteiger partial charge in [0.05, 0.1) is 11.6 Å². The quantitative estimate of drug-likeness (QED) is 0.852. The molecule has 9 heteroatoms. The van der Waals surface area contributed by atoms with Crippen LogP contribution in [0.15, 0.2) is 18.2 Å². The molecule has 1 atom stereocenters. The fraction of sp³-hybridized carbons (Fsp3) is 0.353. The van der Waals surface area contributed by atoms with Gasteiger partial charge in [0, 0.05) is 30.0 Å². The number of anilines is 1. The molecule has 6 nitrogen and oxygen atoms in total. The first-order chi connectivity index (χ1) is 12.3. The molecule has 0 bridgehead atoms. The van der Waals surface area contributed by atoms with E-state index in [0.29, 0.717) is 28.7 Å². The molecule has 0 spiro atoms. The van der Waals surface area contributed by atoms with Gasteiger partial charge in [0.15, 0.2) is 5.13 Å². The zero-order valence-corrected chi connectivity index (χ0v) is 14.8. The molecule has 1 unspecified atom stereocenters. The topological polar surface area (TPSA) is 82.5 Å². The van der Waals surface area contributed by atoms with Crippen LogP contribution in [0.2, 0.25) is 0 Å². The molecule has 1 aliphatic rings. The van der Waals surface area contributed by atoms with Crippen molar-refractivity contribution in [1.82, 2.24) is 9.88 Å². The summed E-state index contributed by atoms with van der Waals surface area (Å²) in [5.41, 5.74) is 0.541. The number of nitrogens with zero attached hydrogens (tertiary/aromatic N) is 2. The molecule has 2 heterocycles. The van der Waals surface area contributed by atoms with E-state index in [9.17, 15) is 18.4 Å². The third kappa shape index (κ3) is 3.82. The molecule has 0 radical (unpaired) electrons. The molecular weight excluding hydrogens is 364 g/mol. The molecule has 138 valence electrons. The first kappa shape index (κ1) is 18.2. The number of carbonyl (C=O) groups is 2. The minimum absolute atomic E-state index is 0.0408. The number of benzene rings is 1. The predicted molar refractivity (Wildman–Crippen MR) is 92.3 cm³/mol. The van der Waals surface area contributed by atoms with Crippen molar-refractivity contribution in [3.8, 4) is 0 Å². The fourth-order valence-electron chi connectivity index (χ4n) is 2.82. The SMILES string of the molecule is Cc1nc(NC(=O)N2CCC(C(=O)O)C2)sc1Cc1c(F)cccc1F. The molecule has 0 aliphatic carbocycles. The summed E-state index contributed by atoms with van der Waals surface area (Å²) in [6, 6.07) is 3.28. The van der Waals surface area contributed by atoms with E-state index in [1.165, 1.54) is 23.1 Å². The van der Waals surface area contributed by atoms with E-state index in [1.54, 1.807) is 6.92 Å². The summed E-state index contributed by atoms with van der Waals surface area (Å²) >= 11 is 1.15. The van der Waals surface area contributed by atoms with Crippen LogP contribution in [0.1, 0.15) is 22.6 Å². The van der Waals surface area contributed by atoms with Crippen LogP contribution >= 0.6 is 11.3 Å². The average molecular weight is 381 g/mol. The Hall–Kier alpha value is -2.55. The van der Waals surface area contributed by atoms with Crippen molar-refractivity contribution in [3.63, 3.8) is 0 Å². The van der Waals surface area contributed by atoms with Crippen LogP contribution in [0, 0.1) is 24.5 Å². The number of hydrogen-bond donors (Lipinski definition) is 2. The molecule has 1 fully saturated rings. The van der Waals surface area contributed by atoms with Crippen LogP contribution in [0.4, 0.5) is 18.7 Å². The van der Waals surface area contributed by atoms with Gasteiger partial charge in [-0.15, -0.1) is 11.3 Å². The fourth-order valence-corrected chi connectivity index (χ4v) is 3.79. The Bertz CT molecular complexity index is 836. The van der Waals surface area contributed by atoms with Crippen LogP contribution in [0.5, 0.6) is 0 Å². The predicted octanol–water partition coefficient (Wildman–Crippen LogP) is 3.26. The number of aryl methyl sites for hydroxylation is 1. The van der Waals surface area contributed by atoms with E-state index in [-0.39, 0.29) is 18.5 Å². The van der Waals surface area contributed by atoms with Gasteiger partial charge in [0.2, 0.25) is 0 Å². The highest BCUT2D eigenvalue weighted by Gasteiger charge is 2.31. The number of urea groups is 1. The third-order valence-corrected chi connectivity index (χ3v) is 5.40. The Kier molecular flexibility index (Phi) is 5.17. The van der Waals surface area contributed by atoms with Gasteiger partial charge < -0.3 is 10.0 Å². The maximum absolute atomic E-state index is 13.8. The number of nitrogens with one attached hydrogen (secondary N) is 1. The molecule has 3 rings (SSSR count). The maximum atomic E-state index is 13.8. The number of amides is 2. The molecule has 1 aliphatic heterocycles. The second-order valence-corrected chi connectivity index (χ2v) is 7.19. The van der Waals surface area contributed by atoms with E-state index >= 15 is 0 Å². The van der Waals surface area contributed by atoms with Gasteiger partial charge in [0.25, 0.3) is 0 Å². The Labute approximate surface area is 152 Å². The van der Waals surface area contributed by atoms with Crippen molar-refractivity contribution in [2.75, 3.05) is 18.4 Å². The van der Waals surface area contributed by atoms with Crippen LogP contribution < -0.4 is 5.32 Å². The van der Waals surface area contributed by atoms with Gasteiger partial charge in [0.1, 0.15) is 11.6 Å². The number of halogens is 2. The van der Waals surface area contributed by atoms with Crippen molar-refractivity contribution in [2.45, 2.75) is 19.8 Å². The lowest BCUT2D eigenvalue weighted by atomic mass is 10.1. The van der Waals surface area contributed by atoms with Crippen molar-refractivity contribution in [2.24, 2.45) is 5.92 Å². The van der Waals surface area contributed by atoms with Crippen LogP contribution in [-0.2, 0) is 11.2 Å². The second kappa shape index (κ2) is 7.36. The Morgan fingerprint density at radius 1 is 1.38 bits per heavy atom. The monoisotopic (exact) mass is 381 g/mol. The highest BCUT2D eigenvalue weighted by atomic mass is 32.1. The van der Waals surface area contributed by atoms with Gasteiger partial charge >= 0.3 is 12.0 Å². The van der Waals surface area contributed by atoms with E-state index in [1.807, 2.05) is 0 Å². The van der Waals surface area contributed by atoms with Gasteiger partial charge in [-0.1, -0.05) is 6.07 Å². The van der Waals surface area contributed by atoms with Crippen LogP contribution in [0.25, 0.3) is 0 Å². The third-order valence-electron chi connectivity index (χ3n) is 4.33. The number of hydrogen-bond acceptors (Lipinski definition) is 4. The first-order valence-corrected chi connectivity index (χ1v) is 8.84. The second-order valence-electron chi connectivity index (χ2n) is 6.10. The van der Waals surface area contributed by atoms with Gasteiger partial charge in [-0.05, 0) is 25.5 Å². The Morgan fingerprint density at radius 2 is 2.08 bits per heavy atom. The number of aliphatic carboxylic acids is 1. The number of carbonyl (C=O) groups excluding carboxylic acids is 1. The maximum Gasteiger partial charge on any atom is 0.323 e. The summed E-state index contributed by atoms with van der Waals surface area (Å²) in [5.74, 6) is -2.72. The summed E-state index contributed by atoms with van der Waals surface area (Å²) < 4.78 is 27.6. The molecule has 2 N–H and O–H groups in total. The average Bonchev–Trinajstić information content (AvgIpc) is 3.18. The molecule has 1 aromatic heterocycles. The molecule has 1 saturated heterocycles. The summed E-state index contributed by atoms with van der Waals surface area (Å²) in [4.78, 5) is 29.5. The lowest BCUT2D eigenvalue weighted by Gasteiger charge is -2.15. The first-order valence-electron chi connectivity index (χ1n) is 8.03. The van der Waals surface area contributed by atoms with Gasteiger partial charge in [-0.3, -0.25) is 10.1 Å². The Morgan fingerprint density at radius 3 is 2.69 bits per heavy atom. The highest BCUT2D eigenvalue weighted by molar-refractivity contribution is 7.15. The van der Waals surface area contributed by atoms with Crippen molar-refractivity contribution in [1.29, 1.82) is 0 Å². The minimum atomic E-state index is -0.917. The van der Waals surface area contributed by atoms with Crippen LogP contribution in [-0.4, -0.2) is 40.1 Å². The number of aromatic nitrogens is 1.